The summed E-state index contributed by atoms with van der Waals surface area (Å²) in [5.41, 5.74) is 5.13. The minimum absolute atomic E-state index is 0.130. The average Bonchev–Trinajstić information content (AvgIpc) is 1.95. The largest absolute Gasteiger partial charge is 0.480 e. The lowest BCUT2D eigenvalue weighted by molar-refractivity contribution is -0.137. The summed E-state index contributed by atoms with van der Waals surface area (Å²) in [7, 11) is -3.95. The molecule has 0 spiro atoms. The number of hydrogen-bond acceptors (Lipinski definition) is 5. The maximum Gasteiger partial charge on any atom is 0.321 e. The van der Waals surface area contributed by atoms with Gasteiger partial charge in [-0.05, 0) is 0 Å². The molecule has 0 saturated heterocycles. The molecule has 0 heterocycles. The fraction of sp³-hybridized carbons (Fsp3) is 0.800. The first-order valence-electron chi connectivity index (χ1n) is 3.34. The molecule has 0 aliphatic rings. The Labute approximate surface area is 80.2 Å². The summed E-state index contributed by atoms with van der Waals surface area (Å²) in [5.74, 6) is -1.24. The fourth-order valence-corrected chi connectivity index (χ4v) is 2.32. The molecule has 0 aliphatic heterocycles. The first-order chi connectivity index (χ1) is 5.83. The third-order valence-corrected chi connectivity index (χ3v) is 3.17. The van der Waals surface area contributed by atoms with Crippen molar-refractivity contribution >= 4 is 27.8 Å². The van der Waals surface area contributed by atoms with Crippen molar-refractivity contribution in [3.63, 3.8) is 0 Å². The van der Waals surface area contributed by atoms with Crippen LogP contribution in [0.2, 0.25) is 0 Å². The number of carboxylic acid groups (broad SMARTS) is 1. The first kappa shape index (κ1) is 12.7. The molecule has 0 aromatic rings. The molecule has 0 bridgehead atoms. The van der Waals surface area contributed by atoms with Gasteiger partial charge in [0.15, 0.2) is 0 Å². The predicted molar refractivity (Wildman–Crippen MR) is 49.4 cm³/mol. The minimum atomic E-state index is -3.95. The summed E-state index contributed by atoms with van der Waals surface area (Å²) in [6.07, 6.45) is 0. The molecule has 8 heteroatoms. The molecule has 13 heavy (non-hydrogen) atoms. The number of carbonyl (C=O) groups is 1. The van der Waals surface area contributed by atoms with E-state index in [4.69, 9.17) is 15.4 Å². The summed E-state index contributed by atoms with van der Waals surface area (Å²) >= 11 is 1.07. The molecular weight excluding hydrogens is 218 g/mol. The lowest BCUT2D eigenvalue weighted by Crippen LogP contribution is -2.32. The van der Waals surface area contributed by atoms with Crippen LogP contribution in [0.5, 0.6) is 0 Å². The van der Waals surface area contributed by atoms with Gasteiger partial charge in [0.2, 0.25) is 0 Å². The predicted octanol–water partition coefficient (Wildman–Crippen LogP) is -0.981. The Morgan fingerprint density at radius 1 is 1.54 bits per heavy atom. The first-order valence-corrected chi connectivity index (χ1v) is 6.10. The molecule has 0 rings (SSSR count). The Morgan fingerprint density at radius 3 is 2.46 bits per heavy atom. The Balaban J connectivity index is 3.53. The van der Waals surface area contributed by atoms with Gasteiger partial charge in [-0.15, -0.1) is 0 Å². The highest BCUT2D eigenvalue weighted by molar-refractivity contribution is 8.00. The van der Waals surface area contributed by atoms with Crippen LogP contribution in [0.25, 0.3) is 0 Å². The van der Waals surface area contributed by atoms with E-state index in [-0.39, 0.29) is 17.3 Å². The molecule has 1 atom stereocenters. The highest BCUT2D eigenvalue weighted by Gasteiger charge is 2.11. The molecule has 4 N–H and O–H groups in total. The number of carboxylic acids is 1. The summed E-state index contributed by atoms with van der Waals surface area (Å²) in [5, 5.41) is 8.34. The van der Waals surface area contributed by atoms with Crippen molar-refractivity contribution in [3.8, 4) is 0 Å². The lowest BCUT2D eigenvalue weighted by atomic mass is 10.4. The van der Waals surface area contributed by atoms with Crippen LogP contribution in [0.3, 0.4) is 0 Å². The maximum absolute atomic E-state index is 10.2. The molecule has 0 radical (unpaired) electrons. The van der Waals surface area contributed by atoms with Crippen molar-refractivity contribution in [2.75, 3.05) is 17.3 Å². The molecule has 6 nitrogen and oxygen atoms in total. The van der Waals surface area contributed by atoms with Crippen LogP contribution in [0.1, 0.15) is 0 Å². The van der Waals surface area contributed by atoms with Gasteiger partial charge in [-0.3, -0.25) is 9.35 Å². The maximum atomic E-state index is 10.2. The smallest absolute Gasteiger partial charge is 0.321 e. The topological polar surface area (TPSA) is 118 Å². The van der Waals surface area contributed by atoms with Crippen LogP contribution in [0.4, 0.5) is 0 Å². The lowest BCUT2D eigenvalue weighted by Gasteiger charge is -2.04. The zero-order chi connectivity index (χ0) is 10.5. The van der Waals surface area contributed by atoms with Crippen molar-refractivity contribution in [2.24, 2.45) is 5.73 Å². The second-order valence-corrected chi connectivity index (χ2v) is 5.03. The number of thioether (sulfide) groups is 1. The summed E-state index contributed by atoms with van der Waals surface area (Å²) in [6, 6.07) is -0.994. The van der Waals surface area contributed by atoms with E-state index in [9.17, 15) is 13.2 Å². The van der Waals surface area contributed by atoms with E-state index in [1.165, 1.54) is 0 Å². The number of rotatable bonds is 6. The van der Waals surface area contributed by atoms with Crippen molar-refractivity contribution < 1.29 is 22.9 Å². The standard InChI is InChI=1S/C5H11NO5S2/c6-4(5(7)8)3-12-1-2-13(9,10)11/h4H,1-3,6H2,(H,7,8)(H,9,10,11)/t4-/m0/s1. The zero-order valence-electron chi connectivity index (χ0n) is 6.71. The van der Waals surface area contributed by atoms with Crippen molar-refractivity contribution in [3.05, 3.63) is 0 Å². The summed E-state index contributed by atoms with van der Waals surface area (Å²) in [6.45, 7) is 0. The molecule has 0 saturated carbocycles. The van der Waals surface area contributed by atoms with Gasteiger partial charge in [0.05, 0.1) is 5.75 Å². The third kappa shape index (κ3) is 8.03. The van der Waals surface area contributed by atoms with E-state index >= 15 is 0 Å². The average molecular weight is 229 g/mol. The molecule has 0 unspecified atom stereocenters. The quantitative estimate of drug-likeness (QED) is 0.395. The molecule has 0 aliphatic carbocycles. The van der Waals surface area contributed by atoms with Crippen LogP contribution in [0, 0.1) is 0 Å². The molecule has 0 fully saturated rings. The van der Waals surface area contributed by atoms with Crippen LogP contribution in [-0.4, -0.2) is 47.3 Å². The van der Waals surface area contributed by atoms with Gasteiger partial charge < -0.3 is 10.8 Å². The van der Waals surface area contributed by atoms with E-state index in [2.05, 4.69) is 0 Å². The van der Waals surface area contributed by atoms with Gasteiger partial charge in [-0.1, -0.05) is 0 Å². The van der Waals surface area contributed by atoms with Crippen LogP contribution in [-0.2, 0) is 14.9 Å². The number of nitrogens with two attached hydrogens (primary N) is 1. The highest BCUT2D eigenvalue weighted by atomic mass is 32.2. The van der Waals surface area contributed by atoms with E-state index in [0.717, 1.165) is 11.8 Å². The van der Waals surface area contributed by atoms with Gasteiger partial charge in [-0.2, -0.15) is 20.2 Å². The second kappa shape index (κ2) is 5.43. The van der Waals surface area contributed by atoms with Gasteiger partial charge in [-0.25, -0.2) is 0 Å². The number of hydrogen-bond donors (Lipinski definition) is 3. The third-order valence-electron chi connectivity index (χ3n) is 1.10. The van der Waals surface area contributed by atoms with Gasteiger partial charge in [0.1, 0.15) is 6.04 Å². The SMILES string of the molecule is N[C@@H](CSCCS(=O)(=O)O)C(=O)O. The minimum Gasteiger partial charge on any atom is -0.480 e. The second-order valence-electron chi connectivity index (χ2n) is 2.31. The molecular formula is C5H11NO5S2. The van der Waals surface area contributed by atoms with Gasteiger partial charge in [0.25, 0.3) is 10.1 Å². The van der Waals surface area contributed by atoms with E-state index < -0.39 is 22.1 Å². The summed E-state index contributed by atoms with van der Waals surface area (Å²) < 4.78 is 28.7. The van der Waals surface area contributed by atoms with E-state index in [1.807, 2.05) is 0 Å². The Morgan fingerprint density at radius 2 is 2.08 bits per heavy atom. The molecule has 0 amide bonds. The molecule has 0 aromatic carbocycles. The monoisotopic (exact) mass is 229 g/mol. The normalized spacial score (nSPS) is 14.0. The molecule has 78 valence electrons. The van der Waals surface area contributed by atoms with Crippen LogP contribution < -0.4 is 5.73 Å². The van der Waals surface area contributed by atoms with E-state index in [0.29, 0.717) is 0 Å². The molecule has 0 aromatic heterocycles. The summed E-state index contributed by atoms with van der Waals surface area (Å²) in [4.78, 5) is 10.2. The Bertz CT molecular complexity index is 262. The van der Waals surface area contributed by atoms with Crippen molar-refractivity contribution in [2.45, 2.75) is 6.04 Å². The van der Waals surface area contributed by atoms with Crippen LogP contribution >= 0.6 is 11.8 Å². The number of aliphatic carboxylic acids is 1. The van der Waals surface area contributed by atoms with Crippen molar-refractivity contribution in [1.82, 2.24) is 0 Å². The Hall–Kier alpha value is -0.310. The zero-order valence-corrected chi connectivity index (χ0v) is 8.34. The Kier molecular flexibility index (Phi) is 5.30. The van der Waals surface area contributed by atoms with Gasteiger partial charge in [0, 0.05) is 11.5 Å². The highest BCUT2D eigenvalue weighted by Crippen LogP contribution is 2.02. The van der Waals surface area contributed by atoms with Crippen molar-refractivity contribution in [1.29, 1.82) is 0 Å². The van der Waals surface area contributed by atoms with E-state index in [1.54, 1.807) is 0 Å². The van der Waals surface area contributed by atoms with Gasteiger partial charge >= 0.3 is 5.97 Å². The fourth-order valence-electron chi connectivity index (χ4n) is 0.446. The van der Waals surface area contributed by atoms with Crippen LogP contribution in [0.15, 0.2) is 0 Å².